The van der Waals surface area contributed by atoms with Gasteiger partial charge in [0, 0.05) is 12.0 Å². The highest BCUT2D eigenvalue weighted by atomic mass is 16.6. The topological polar surface area (TPSA) is 58.6 Å². The van der Waals surface area contributed by atoms with Gasteiger partial charge in [-0.3, -0.25) is 10.2 Å². The van der Waals surface area contributed by atoms with Crippen LogP contribution >= 0.6 is 0 Å². The van der Waals surface area contributed by atoms with Crippen LogP contribution in [0.1, 0.15) is 30.6 Å². The molecule has 1 heterocycles. The number of esters is 2. The first-order chi connectivity index (χ1) is 9.87. The minimum atomic E-state index is -0.955. The van der Waals surface area contributed by atoms with E-state index in [1.54, 1.807) is 29.2 Å². The van der Waals surface area contributed by atoms with Crippen molar-refractivity contribution in [2.75, 3.05) is 14.1 Å². The third kappa shape index (κ3) is 2.84. The molecule has 0 saturated carbocycles. The van der Waals surface area contributed by atoms with Crippen molar-refractivity contribution in [1.82, 2.24) is 10.2 Å². The summed E-state index contributed by atoms with van der Waals surface area (Å²) in [6.07, 6.45) is 0.854. The lowest BCUT2D eigenvalue weighted by Gasteiger charge is -2.37. The smallest absolute Gasteiger partial charge is 0.349 e. The number of carbonyl (C=O) groups excluding carboxylic acids is 2. The number of hydrogen-bond acceptors (Lipinski definition) is 5. The Kier molecular flexibility index (Phi) is 4.44. The first kappa shape index (κ1) is 15.7. The Morgan fingerprint density at radius 3 is 2.33 bits per heavy atom. The molecule has 1 aliphatic rings. The van der Waals surface area contributed by atoms with Gasteiger partial charge in [-0.15, -0.1) is 0 Å². The molecular weight excluding hydrogens is 268 g/mol. The van der Waals surface area contributed by atoms with E-state index in [0.717, 1.165) is 6.42 Å². The van der Waals surface area contributed by atoms with Gasteiger partial charge in [0.1, 0.15) is 0 Å². The van der Waals surface area contributed by atoms with Crippen LogP contribution in [0.4, 0.5) is 0 Å². The highest BCUT2D eigenvalue weighted by Gasteiger charge is 2.53. The number of carbonyl (C=O) groups is 2. The Hall–Kier alpha value is -1.72. The zero-order chi connectivity index (χ0) is 15.6. The van der Waals surface area contributed by atoms with Crippen LogP contribution in [0.15, 0.2) is 30.3 Å². The van der Waals surface area contributed by atoms with Gasteiger partial charge in [-0.1, -0.05) is 25.1 Å². The highest BCUT2D eigenvalue weighted by molar-refractivity contribution is 5.99. The number of rotatable bonds is 3. The van der Waals surface area contributed by atoms with E-state index in [2.05, 4.69) is 5.32 Å². The van der Waals surface area contributed by atoms with Crippen molar-refractivity contribution in [3.8, 4) is 0 Å². The summed E-state index contributed by atoms with van der Waals surface area (Å²) >= 11 is 0. The highest BCUT2D eigenvalue weighted by Crippen LogP contribution is 2.33. The molecule has 1 saturated heterocycles. The number of benzene rings is 1. The molecule has 114 valence electrons. The van der Waals surface area contributed by atoms with Crippen LogP contribution in [0.25, 0.3) is 0 Å². The van der Waals surface area contributed by atoms with Gasteiger partial charge < -0.3 is 4.74 Å². The van der Waals surface area contributed by atoms with Gasteiger partial charge in [-0.25, -0.2) is 9.59 Å². The molecule has 0 radical (unpaired) electrons. The van der Waals surface area contributed by atoms with Crippen molar-refractivity contribution < 1.29 is 14.3 Å². The Bertz CT molecular complexity index is 530. The van der Waals surface area contributed by atoms with Crippen molar-refractivity contribution in [1.29, 1.82) is 0 Å². The SMILES string of the molecule is CC1CC(C)[C@](C(=O)OC(=O)c2ccccc2)(N(C)C)N1. The van der Waals surface area contributed by atoms with Crippen LogP contribution in [0, 0.1) is 5.92 Å². The van der Waals surface area contributed by atoms with Crippen LogP contribution < -0.4 is 5.32 Å². The first-order valence-corrected chi connectivity index (χ1v) is 7.14. The van der Waals surface area contributed by atoms with Crippen LogP contribution in [-0.2, 0) is 9.53 Å². The Labute approximate surface area is 125 Å². The van der Waals surface area contributed by atoms with Crippen molar-refractivity contribution >= 4 is 11.9 Å². The van der Waals surface area contributed by atoms with Crippen LogP contribution in [0.3, 0.4) is 0 Å². The molecular formula is C16H22N2O3. The molecule has 0 spiro atoms. The molecule has 5 nitrogen and oxygen atoms in total. The largest absolute Gasteiger partial charge is 0.387 e. The molecule has 1 aromatic carbocycles. The van der Waals surface area contributed by atoms with Crippen molar-refractivity contribution in [3.05, 3.63) is 35.9 Å². The predicted octanol–water partition coefficient (Wildman–Crippen LogP) is 1.65. The van der Waals surface area contributed by atoms with E-state index in [4.69, 9.17) is 4.74 Å². The average Bonchev–Trinajstić information content (AvgIpc) is 2.75. The van der Waals surface area contributed by atoms with Gasteiger partial charge in [0.2, 0.25) is 0 Å². The maximum atomic E-state index is 12.6. The van der Waals surface area contributed by atoms with E-state index in [1.807, 2.05) is 34.0 Å². The molecule has 1 aliphatic heterocycles. The molecule has 0 aliphatic carbocycles. The fraction of sp³-hybridized carbons (Fsp3) is 0.500. The lowest BCUT2D eigenvalue weighted by molar-refractivity contribution is -0.155. The van der Waals surface area contributed by atoms with Gasteiger partial charge in [-0.2, -0.15) is 0 Å². The summed E-state index contributed by atoms with van der Waals surface area (Å²) < 4.78 is 5.12. The van der Waals surface area contributed by atoms with Crippen molar-refractivity contribution in [2.45, 2.75) is 32.0 Å². The molecule has 2 rings (SSSR count). The second-order valence-corrected chi connectivity index (χ2v) is 5.89. The van der Waals surface area contributed by atoms with E-state index in [-0.39, 0.29) is 12.0 Å². The van der Waals surface area contributed by atoms with Gasteiger partial charge in [0.05, 0.1) is 5.56 Å². The van der Waals surface area contributed by atoms with Crippen molar-refractivity contribution in [2.24, 2.45) is 5.92 Å². The molecule has 0 aromatic heterocycles. The van der Waals surface area contributed by atoms with E-state index in [1.165, 1.54) is 0 Å². The Morgan fingerprint density at radius 1 is 1.24 bits per heavy atom. The number of ether oxygens (including phenoxy) is 1. The van der Waals surface area contributed by atoms with Gasteiger partial charge in [-0.05, 0) is 39.6 Å². The lowest BCUT2D eigenvalue weighted by atomic mass is 9.94. The number of nitrogens with one attached hydrogen (secondary N) is 1. The normalized spacial score (nSPS) is 28.6. The molecule has 1 N–H and O–H groups in total. The zero-order valence-electron chi connectivity index (χ0n) is 12.9. The van der Waals surface area contributed by atoms with Gasteiger partial charge in [0.25, 0.3) is 0 Å². The third-order valence-corrected chi connectivity index (χ3v) is 4.10. The number of hydrogen-bond donors (Lipinski definition) is 1. The number of likely N-dealkylation sites (N-methyl/N-ethyl adjacent to an activating group) is 1. The minimum Gasteiger partial charge on any atom is -0.387 e. The average molecular weight is 290 g/mol. The molecule has 2 unspecified atom stereocenters. The molecule has 1 fully saturated rings. The first-order valence-electron chi connectivity index (χ1n) is 7.14. The molecule has 5 heteroatoms. The van der Waals surface area contributed by atoms with Crippen LogP contribution in [0.2, 0.25) is 0 Å². The Morgan fingerprint density at radius 2 is 1.86 bits per heavy atom. The minimum absolute atomic E-state index is 0.0542. The van der Waals surface area contributed by atoms with E-state index >= 15 is 0 Å². The molecule has 0 bridgehead atoms. The standard InChI is InChI=1S/C16H22N2O3/c1-11-10-12(2)17-16(11,18(3)4)15(20)21-14(19)13-8-6-5-7-9-13/h5-9,11-12,17H,10H2,1-4H3/t11?,12?,16-/m1/s1. The Balaban J connectivity index is 2.19. The van der Waals surface area contributed by atoms with Crippen LogP contribution in [0.5, 0.6) is 0 Å². The molecule has 1 aromatic rings. The van der Waals surface area contributed by atoms with E-state index in [0.29, 0.717) is 5.56 Å². The number of nitrogens with zero attached hydrogens (tertiary/aromatic N) is 1. The van der Waals surface area contributed by atoms with Gasteiger partial charge in [0.15, 0.2) is 5.66 Å². The summed E-state index contributed by atoms with van der Waals surface area (Å²) in [5.41, 5.74) is -0.581. The monoisotopic (exact) mass is 290 g/mol. The second-order valence-electron chi connectivity index (χ2n) is 5.89. The summed E-state index contributed by atoms with van der Waals surface area (Å²) in [5, 5.41) is 3.27. The zero-order valence-corrected chi connectivity index (χ0v) is 12.9. The maximum absolute atomic E-state index is 12.6. The van der Waals surface area contributed by atoms with Gasteiger partial charge >= 0.3 is 11.9 Å². The molecule has 3 atom stereocenters. The summed E-state index contributed by atoms with van der Waals surface area (Å²) in [4.78, 5) is 26.5. The summed E-state index contributed by atoms with van der Waals surface area (Å²) in [6, 6.07) is 8.74. The van der Waals surface area contributed by atoms with Crippen molar-refractivity contribution in [3.63, 3.8) is 0 Å². The lowest BCUT2D eigenvalue weighted by Crippen LogP contribution is -2.63. The third-order valence-electron chi connectivity index (χ3n) is 4.10. The summed E-state index contributed by atoms with van der Waals surface area (Å²) in [7, 11) is 3.63. The van der Waals surface area contributed by atoms with E-state index < -0.39 is 17.6 Å². The van der Waals surface area contributed by atoms with E-state index in [9.17, 15) is 9.59 Å². The fourth-order valence-corrected chi connectivity index (χ4v) is 3.09. The molecule has 21 heavy (non-hydrogen) atoms. The molecule has 0 amide bonds. The quantitative estimate of drug-likeness (QED) is 0.677. The summed E-state index contributed by atoms with van der Waals surface area (Å²) in [6.45, 7) is 4.01. The van der Waals surface area contributed by atoms with Crippen LogP contribution in [-0.4, -0.2) is 42.6 Å². The summed E-state index contributed by atoms with van der Waals surface area (Å²) in [5.74, 6) is -1.10. The predicted molar refractivity (Wildman–Crippen MR) is 79.7 cm³/mol. The maximum Gasteiger partial charge on any atom is 0.349 e. The fourth-order valence-electron chi connectivity index (χ4n) is 3.09. The second kappa shape index (κ2) is 5.95.